The van der Waals surface area contributed by atoms with Gasteiger partial charge in [0.2, 0.25) is 0 Å². The lowest BCUT2D eigenvalue weighted by Gasteiger charge is -2.03. The Labute approximate surface area is 120 Å². The Balaban J connectivity index is 2.20. The van der Waals surface area contributed by atoms with Crippen molar-refractivity contribution in [1.82, 2.24) is 19.6 Å². The summed E-state index contributed by atoms with van der Waals surface area (Å²) in [5, 5.41) is 13.2. The largest absolute Gasteiger partial charge is 0.396 e. The highest BCUT2D eigenvalue weighted by atomic mass is 16.3. The summed E-state index contributed by atoms with van der Waals surface area (Å²) in [5.74, 6) is -0.529. The minimum Gasteiger partial charge on any atom is -0.396 e. The van der Waals surface area contributed by atoms with Crippen molar-refractivity contribution in [2.45, 2.75) is 6.42 Å². The predicted molar refractivity (Wildman–Crippen MR) is 75.5 cm³/mol. The van der Waals surface area contributed by atoms with Crippen LogP contribution in [0.4, 0.5) is 0 Å². The minimum absolute atomic E-state index is 0.0278. The highest BCUT2D eigenvalue weighted by Gasteiger charge is 2.15. The van der Waals surface area contributed by atoms with E-state index in [4.69, 9.17) is 10.8 Å². The molecule has 0 saturated carbocycles. The maximum atomic E-state index is 11.5. The van der Waals surface area contributed by atoms with Gasteiger partial charge in [-0.05, 0) is 18.2 Å². The second-order valence-corrected chi connectivity index (χ2v) is 4.52. The summed E-state index contributed by atoms with van der Waals surface area (Å²) in [6.45, 7) is 0.0278. The van der Waals surface area contributed by atoms with Crippen LogP contribution in [-0.2, 0) is 6.42 Å². The molecule has 7 heteroatoms. The molecular formula is C14H13N5O2. The second kappa shape index (κ2) is 5.29. The summed E-state index contributed by atoms with van der Waals surface area (Å²) < 4.78 is 1.62. The van der Waals surface area contributed by atoms with Gasteiger partial charge in [-0.2, -0.15) is 5.10 Å². The first-order valence-corrected chi connectivity index (χ1v) is 6.38. The number of aliphatic hydroxyl groups is 1. The van der Waals surface area contributed by atoms with E-state index < -0.39 is 5.91 Å². The van der Waals surface area contributed by atoms with Gasteiger partial charge in [0.05, 0.1) is 23.0 Å². The standard InChI is InChI=1S/C14H13N5O2/c15-14(21)11-6-12(19-13(11)7-16-8-18-19)9-1-3-17-10(5-9)2-4-20/h1,3,5-8,20H,2,4H2,(H2,15,21). The molecule has 0 aliphatic carbocycles. The maximum absolute atomic E-state index is 11.5. The quantitative estimate of drug-likeness (QED) is 0.722. The molecule has 0 unspecified atom stereocenters. The number of fused-ring (bicyclic) bond motifs is 1. The Kier molecular flexibility index (Phi) is 3.33. The fourth-order valence-corrected chi connectivity index (χ4v) is 2.24. The van der Waals surface area contributed by atoms with Gasteiger partial charge in [0, 0.05) is 30.5 Å². The van der Waals surface area contributed by atoms with E-state index >= 15 is 0 Å². The van der Waals surface area contributed by atoms with Crippen LogP contribution in [0.5, 0.6) is 0 Å². The Morgan fingerprint density at radius 2 is 2.24 bits per heavy atom. The number of hydrogen-bond acceptors (Lipinski definition) is 5. The van der Waals surface area contributed by atoms with Crippen molar-refractivity contribution in [2.75, 3.05) is 6.61 Å². The van der Waals surface area contributed by atoms with Crippen LogP contribution in [0.15, 0.2) is 36.9 Å². The van der Waals surface area contributed by atoms with Gasteiger partial charge in [-0.15, -0.1) is 0 Å². The number of aliphatic hydroxyl groups excluding tert-OH is 1. The zero-order valence-electron chi connectivity index (χ0n) is 11.1. The van der Waals surface area contributed by atoms with Crippen molar-refractivity contribution in [3.63, 3.8) is 0 Å². The number of carbonyl (C=O) groups is 1. The Morgan fingerprint density at radius 3 is 3.00 bits per heavy atom. The number of nitrogens with zero attached hydrogens (tertiary/aromatic N) is 4. The Hall–Kier alpha value is -2.80. The summed E-state index contributed by atoms with van der Waals surface area (Å²) in [6, 6.07) is 5.35. The third-order valence-electron chi connectivity index (χ3n) is 3.19. The molecule has 0 atom stereocenters. The van der Waals surface area contributed by atoms with Crippen LogP contribution in [0.3, 0.4) is 0 Å². The van der Waals surface area contributed by atoms with Gasteiger partial charge >= 0.3 is 0 Å². The first kappa shape index (κ1) is 13.2. The number of amides is 1. The topological polar surface area (TPSA) is 106 Å². The van der Waals surface area contributed by atoms with E-state index in [0.717, 1.165) is 17.0 Å². The fraction of sp³-hybridized carbons (Fsp3) is 0.143. The third-order valence-corrected chi connectivity index (χ3v) is 3.19. The molecule has 3 N–H and O–H groups in total. The number of pyridine rings is 1. The molecule has 106 valence electrons. The fourth-order valence-electron chi connectivity index (χ4n) is 2.24. The Bertz CT molecular complexity index is 812. The molecule has 0 radical (unpaired) electrons. The van der Waals surface area contributed by atoms with Crippen LogP contribution in [0, 0.1) is 0 Å². The van der Waals surface area contributed by atoms with E-state index in [1.807, 2.05) is 12.1 Å². The predicted octanol–water partition coefficient (Wildman–Crippen LogP) is 0.425. The molecule has 0 saturated heterocycles. The normalized spacial score (nSPS) is 10.9. The first-order chi connectivity index (χ1) is 10.2. The molecule has 3 aromatic rings. The van der Waals surface area contributed by atoms with E-state index in [1.165, 1.54) is 6.33 Å². The zero-order valence-corrected chi connectivity index (χ0v) is 11.1. The number of hydrogen-bond donors (Lipinski definition) is 2. The summed E-state index contributed by atoms with van der Waals surface area (Å²) in [5.41, 5.74) is 8.65. The van der Waals surface area contributed by atoms with Gasteiger partial charge in [0.25, 0.3) is 5.91 Å². The van der Waals surface area contributed by atoms with Crippen LogP contribution in [-0.4, -0.2) is 37.2 Å². The molecule has 3 heterocycles. The second-order valence-electron chi connectivity index (χ2n) is 4.52. The molecule has 0 bridgehead atoms. The van der Waals surface area contributed by atoms with E-state index in [1.54, 1.807) is 23.0 Å². The lowest BCUT2D eigenvalue weighted by molar-refractivity contribution is 0.100. The monoisotopic (exact) mass is 283 g/mol. The van der Waals surface area contributed by atoms with Crippen molar-refractivity contribution in [3.8, 4) is 11.3 Å². The van der Waals surface area contributed by atoms with Gasteiger partial charge in [-0.25, -0.2) is 9.50 Å². The number of aromatic nitrogens is 4. The van der Waals surface area contributed by atoms with Crippen molar-refractivity contribution in [2.24, 2.45) is 5.73 Å². The number of primary amides is 1. The SMILES string of the molecule is NC(=O)c1cc(-c2ccnc(CCO)c2)n2ncncc12. The van der Waals surface area contributed by atoms with Crippen molar-refractivity contribution in [3.05, 3.63) is 48.2 Å². The highest BCUT2D eigenvalue weighted by molar-refractivity contribution is 6.01. The van der Waals surface area contributed by atoms with E-state index in [-0.39, 0.29) is 6.61 Å². The molecule has 0 aromatic carbocycles. The smallest absolute Gasteiger partial charge is 0.251 e. The summed E-state index contributed by atoms with van der Waals surface area (Å²) >= 11 is 0. The van der Waals surface area contributed by atoms with Crippen LogP contribution >= 0.6 is 0 Å². The van der Waals surface area contributed by atoms with Crippen molar-refractivity contribution >= 4 is 11.4 Å². The van der Waals surface area contributed by atoms with Crippen LogP contribution < -0.4 is 5.73 Å². The van der Waals surface area contributed by atoms with Crippen LogP contribution in [0.25, 0.3) is 16.8 Å². The summed E-state index contributed by atoms with van der Waals surface area (Å²) in [4.78, 5) is 19.6. The molecule has 3 aromatic heterocycles. The summed E-state index contributed by atoms with van der Waals surface area (Å²) in [6.07, 6.45) is 5.07. The van der Waals surface area contributed by atoms with Gasteiger partial charge in [-0.3, -0.25) is 9.78 Å². The van der Waals surface area contributed by atoms with Crippen LogP contribution in [0.1, 0.15) is 16.1 Å². The Morgan fingerprint density at radius 1 is 1.38 bits per heavy atom. The number of nitrogens with two attached hydrogens (primary N) is 1. The van der Waals surface area contributed by atoms with Crippen LogP contribution in [0.2, 0.25) is 0 Å². The molecule has 0 aliphatic heterocycles. The van der Waals surface area contributed by atoms with Gasteiger partial charge < -0.3 is 10.8 Å². The zero-order chi connectivity index (χ0) is 14.8. The lowest BCUT2D eigenvalue weighted by atomic mass is 10.1. The van der Waals surface area contributed by atoms with Crippen molar-refractivity contribution < 1.29 is 9.90 Å². The van der Waals surface area contributed by atoms with E-state index in [9.17, 15) is 4.79 Å². The van der Waals surface area contributed by atoms with E-state index in [2.05, 4.69) is 15.1 Å². The molecule has 0 spiro atoms. The molecule has 0 aliphatic rings. The molecule has 21 heavy (non-hydrogen) atoms. The third kappa shape index (κ3) is 2.34. The number of carbonyl (C=O) groups excluding carboxylic acids is 1. The average Bonchev–Trinajstić information content (AvgIpc) is 2.88. The van der Waals surface area contributed by atoms with Gasteiger partial charge in [0.15, 0.2) is 0 Å². The molecule has 0 fully saturated rings. The number of rotatable bonds is 4. The molecular weight excluding hydrogens is 270 g/mol. The van der Waals surface area contributed by atoms with Gasteiger partial charge in [0.1, 0.15) is 6.33 Å². The molecule has 3 rings (SSSR count). The lowest BCUT2D eigenvalue weighted by Crippen LogP contribution is -2.10. The first-order valence-electron chi connectivity index (χ1n) is 6.38. The minimum atomic E-state index is -0.529. The summed E-state index contributed by atoms with van der Waals surface area (Å²) in [7, 11) is 0. The highest BCUT2D eigenvalue weighted by Crippen LogP contribution is 2.25. The van der Waals surface area contributed by atoms with E-state index in [0.29, 0.717) is 17.5 Å². The average molecular weight is 283 g/mol. The maximum Gasteiger partial charge on any atom is 0.251 e. The molecule has 7 nitrogen and oxygen atoms in total. The van der Waals surface area contributed by atoms with Gasteiger partial charge in [-0.1, -0.05) is 0 Å². The van der Waals surface area contributed by atoms with Crippen molar-refractivity contribution in [1.29, 1.82) is 0 Å². The molecule has 1 amide bonds.